The van der Waals surface area contributed by atoms with Gasteiger partial charge in [0.25, 0.3) is 0 Å². The third kappa shape index (κ3) is 5.59. The van der Waals surface area contributed by atoms with E-state index in [0.717, 1.165) is 16.8 Å². The van der Waals surface area contributed by atoms with E-state index in [1.807, 2.05) is 50.2 Å². The Morgan fingerprint density at radius 3 is 2.11 bits per heavy atom. The summed E-state index contributed by atoms with van der Waals surface area (Å²) in [4.78, 5) is 25.5. The van der Waals surface area contributed by atoms with E-state index in [1.54, 1.807) is 30.3 Å². The number of nitrogens with one attached hydrogen (secondary N) is 1. The van der Waals surface area contributed by atoms with Crippen LogP contribution >= 0.6 is 34.8 Å². The molecule has 1 aliphatic rings. The van der Waals surface area contributed by atoms with E-state index in [4.69, 9.17) is 34.8 Å². The predicted octanol–water partition coefficient (Wildman–Crippen LogP) is 7.72. The molecule has 0 saturated carbocycles. The Bertz CT molecular complexity index is 1280. The van der Waals surface area contributed by atoms with Crippen molar-refractivity contribution in [1.29, 1.82) is 0 Å². The molecular weight excluding hydrogens is 517 g/mol. The predicted molar refractivity (Wildman–Crippen MR) is 147 cm³/mol. The van der Waals surface area contributed by atoms with Gasteiger partial charge in [0.05, 0.1) is 17.7 Å². The average molecular weight is 543 g/mol. The summed E-state index contributed by atoms with van der Waals surface area (Å²) in [7, 11) is 0. The van der Waals surface area contributed by atoms with Crippen LogP contribution in [0.1, 0.15) is 55.8 Å². The Morgan fingerprint density at radius 2 is 1.56 bits per heavy atom. The Balaban J connectivity index is 1.52. The molecule has 2 unspecified atom stereocenters. The molecular formula is C28H26Cl3N3O2. The van der Waals surface area contributed by atoms with Crippen LogP contribution in [-0.2, 0) is 9.59 Å². The van der Waals surface area contributed by atoms with Gasteiger partial charge in [-0.05, 0) is 53.4 Å². The normalized spacial score (nSPS) is 16.1. The lowest BCUT2D eigenvalue weighted by atomic mass is 9.87. The molecule has 0 spiro atoms. The molecule has 5 nitrogen and oxygen atoms in total. The number of halogens is 3. The van der Waals surface area contributed by atoms with Crippen LogP contribution in [-0.4, -0.2) is 22.5 Å². The summed E-state index contributed by atoms with van der Waals surface area (Å²) in [5, 5.41) is 10.6. The third-order valence-electron chi connectivity index (χ3n) is 6.23. The van der Waals surface area contributed by atoms with Crippen LogP contribution in [0.25, 0.3) is 0 Å². The Kier molecular flexibility index (Phi) is 8.04. The van der Waals surface area contributed by atoms with Crippen molar-refractivity contribution in [2.75, 3.05) is 5.32 Å². The van der Waals surface area contributed by atoms with Crippen LogP contribution in [0.4, 0.5) is 5.69 Å². The fraction of sp³-hybridized carbons (Fsp3) is 0.250. The van der Waals surface area contributed by atoms with Crippen LogP contribution in [0.2, 0.25) is 15.1 Å². The second-order valence-electron chi connectivity index (χ2n) is 9.11. The zero-order chi connectivity index (χ0) is 26.0. The first-order chi connectivity index (χ1) is 17.2. The van der Waals surface area contributed by atoms with Gasteiger partial charge in [-0.1, -0.05) is 79.0 Å². The smallest absolute Gasteiger partial charge is 0.240 e. The Hall–Kier alpha value is -2.86. The number of hydrogen-bond donors (Lipinski definition) is 1. The van der Waals surface area contributed by atoms with Crippen LogP contribution < -0.4 is 5.32 Å². The van der Waals surface area contributed by atoms with Crippen molar-refractivity contribution in [3.05, 3.63) is 98.5 Å². The number of amides is 2. The number of hydrogen-bond acceptors (Lipinski definition) is 3. The van der Waals surface area contributed by atoms with Gasteiger partial charge in [0.15, 0.2) is 0 Å². The van der Waals surface area contributed by atoms with E-state index < -0.39 is 0 Å². The van der Waals surface area contributed by atoms with Gasteiger partial charge in [0.2, 0.25) is 11.8 Å². The first-order valence-electron chi connectivity index (χ1n) is 11.6. The maximum atomic E-state index is 13.1. The monoisotopic (exact) mass is 541 g/mol. The van der Waals surface area contributed by atoms with Crippen molar-refractivity contribution >= 4 is 58.0 Å². The van der Waals surface area contributed by atoms with Crippen molar-refractivity contribution in [2.24, 2.45) is 11.0 Å². The lowest BCUT2D eigenvalue weighted by Gasteiger charge is -2.22. The second-order valence-corrected chi connectivity index (χ2v) is 10.4. The van der Waals surface area contributed by atoms with Crippen molar-refractivity contribution < 1.29 is 9.59 Å². The van der Waals surface area contributed by atoms with Gasteiger partial charge in [-0.3, -0.25) is 9.59 Å². The van der Waals surface area contributed by atoms with Gasteiger partial charge < -0.3 is 5.32 Å². The minimum Gasteiger partial charge on any atom is -0.326 e. The fourth-order valence-corrected chi connectivity index (χ4v) is 5.28. The minimum atomic E-state index is -0.385. The van der Waals surface area contributed by atoms with E-state index >= 15 is 0 Å². The fourth-order valence-electron chi connectivity index (χ4n) is 4.50. The molecule has 1 heterocycles. The van der Waals surface area contributed by atoms with Crippen LogP contribution in [0, 0.1) is 5.92 Å². The summed E-state index contributed by atoms with van der Waals surface area (Å²) < 4.78 is 0. The molecule has 1 aliphatic heterocycles. The SMILES string of the molecule is CC(=O)N1N=C(c2ccc(NC(=O)C(c3ccc(Cl)cc3)C(C)C)cc2)CC1c1c(Cl)cccc1Cl. The van der Waals surface area contributed by atoms with Crippen molar-refractivity contribution in [3.63, 3.8) is 0 Å². The lowest BCUT2D eigenvalue weighted by molar-refractivity contribution is -0.130. The van der Waals surface area contributed by atoms with E-state index in [1.165, 1.54) is 11.9 Å². The quantitative estimate of drug-likeness (QED) is 0.346. The van der Waals surface area contributed by atoms with Crippen LogP contribution in [0.15, 0.2) is 71.8 Å². The summed E-state index contributed by atoms with van der Waals surface area (Å²) in [5.41, 5.74) is 3.86. The number of carbonyl (C=O) groups excluding carboxylic acids is 2. The summed E-state index contributed by atoms with van der Waals surface area (Å²) in [6, 6.07) is 19.7. The molecule has 0 bridgehead atoms. The van der Waals surface area contributed by atoms with Gasteiger partial charge in [-0.2, -0.15) is 5.10 Å². The molecule has 0 aliphatic carbocycles. The van der Waals surface area contributed by atoms with E-state index in [9.17, 15) is 9.59 Å². The van der Waals surface area contributed by atoms with Gasteiger partial charge >= 0.3 is 0 Å². The van der Waals surface area contributed by atoms with Crippen LogP contribution in [0.5, 0.6) is 0 Å². The molecule has 0 aromatic heterocycles. The first-order valence-corrected chi connectivity index (χ1v) is 12.8. The van der Waals surface area contributed by atoms with E-state index in [2.05, 4.69) is 10.4 Å². The van der Waals surface area contributed by atoms with Crippen molar-refractivity contribution in [1.82, 2.24) is 5.01 Å². The number of carbonyl (C=O) groups is 2. The molecule has 3 aromatic rings. The van der Waals surface area contributed by atoms with Gasteiger partial charge in [-0.25, -0.2) is 5.01 Å². The summed E-state index contributed by atoms with van der Waals surface area (Å²) in [5.74, 6) is -0.498. The summed E-state index contributed by atoms with van der Waals surface area (Å²) in [6.45, 7) is 5.50. The molecule has 186 valence electrons. The lowest BCUT2D eigenvalue weighted by Crippen LogP contribution is -2.25. The van der Waals surface area contributed by atoms with Gasteiger partial charge in [0.1, 0.15) is 0 Å². The highest BCUT2D eigenvalue weighted by Gasteiger charge is 2.34. The number of nitrogens with zero attached hydrogens (tertiary/aromatic N) is 2. The zero-order valence-corrected chi connectivity index (χ0v) is 22.4. The summed E-state index contributed by atoms with van der Waals surface area (Å²) >= 11 is 18.9. The first kappa shape index (κ1) is 26.2. The maximum absolute atomic E-state index is 13.1. The largest absolute Gasteiger partial charge is 0.326 e. The molecule has 0 saturated heterocycles. The molecule has 3 aromatic carbocycles. The van der Waals surface area contributed by atoms with Crippen LogP contribution in [0.3, 0.4) is 0 Å². The Labute approximate surface area is 226 Å². The standard InChI is InChI=1S/C28H26Cl3N3O2/c1-16(2)26(19-7-11-20(29)12-8-19)28(36)32-21-13-9-18(10-14-21)24-15-25(34(33-24)17(3)35)27-22(30)5-4-6-23(27)31/h4-14,16,25-26H,15H2,1-3H3,(H,32,36). The Morgan fingerprint density at radius 1 is 0.944 bits per heavy atom. The highest BCUT2D eigenvalue weighted by molar-refractivity contribution is 6.36. The van der Waals surface area contributed by atoms with Gasteiger partial charge in [-0.15, -0.1) is 0 Å². The molecule has 0 radical (unpaired) electrons. The number of benzene rings is 3. The van der Waals surface area contributed by atoms with E-state index in [-0.39, 0.29) is 29.7 Å². The van der Waals surface area contributed by atoms with E-state index in [0.29, 0.717) is 32.7 Å². The topological polar surface area (TPSA) is 61.8 Å². The number of anilines is 1. The number of hydrazone groups is 1. The highest BCUT2D eigenvalue weighted by atomic mass is 35.5. The van der Waals surface area contributed by atoms with Crippen molar-refractivity contribution in [3.8, 4) is 0 Å². The molecule has 4 rings (SSSR count). The van der Waals surface area contributed by atoms with Gasteiger partial charge in [0, 0.05) is 39.7 Å². The highest BCUT2D eigenvalue weighted by Crippen LogP contribution is 2.40. The molecule has 8 heteroatoms. The van der Waals surface area contributed by atoms with Crippen molar-refractivity contribution in [2.45, 2.75) is 39.2 Å². The zero-order valence-electron chi connectivity index (χ0n) is 20.1. The third-order valence-corrected chi connectivity index (χ3v) is 7.14. The molecule has 2 amide bonds. The number of rotatable bonds is 6. The molecule has 0 fully saturated rings. The molecule has 36 heavy (non-hydrogen) atoms. The summed E-state index contributed by atoms with van der Waals surface area (Å²) in [6.07, 6.45) is 0.473. The molecule has 1 N–H and O–H groups in total. The maximum Gasteiger partial charge on any atom is 0.240 e. The average Bonchev–Trinajstić information content (AvgIpc) is 3.26. The molecule has 2 atom stereocenters. The minimum absolute atomic E-state index is 0.0885. The second kappa shape index (κ2) is 11.0.